The lowest BCUT2D eigenvalue weighted by Crippen LogP contribution is -2.13. The molecule has 2 N–H and O–H groups in total. The number of benzene rings is 1. The number of carbonyl (C=O) groups is 2. The number of hydrogen-bond acceptors (Lipinski definition) is 4. The molecular weight excluding hydrogens is 362 g/mol. The largest absolute Gasteiger partial charge is 0.478 e. The predicted molar refractivity (Wildman–Crippen MR) is 97.9 cm³/mol. The number of carboxylic acids is 1. The molecule has 2 heterocycles. The van der Waals surface area contributed by atoms with Crippen LogP contribution in [0.1, 0.15) is 32.2 Å². The van der Waals surface area contributed by atoms with Crippen LogP contribution in [0.2, 0.25) is 5.02 Å². The van der Waals surface area contributed by atoms with Gasteiger partial charge in [0.1, 0.15) is 22.1 Å². The van der Waals surface area contributed by atoms with Crippen LogP contribution in [-0.4, -0.2) is 17.0 Å². The topological polar surface area (TPSA) is 79.5 Å². The minimum Gasteiger partial charge on any atom is -0.478 e. The summed E-state index contributed by atoms with van der Waals surface area (Å²) < 4.78 is 5.35. The molecule has 0 fully saturated rings. The molecule has 0 atom stereocenters. The van der Waals surface area contributed by atoms with Crippen LogP contribution in [0.3, 0.4) is 0 Å². The number of carbonyl (C=O) groups excluding carboxylic acids is 1. The van der Waals surface area contributed by atoms with E-state index in [1.165, 1.54) is 0 Å². The lowest BCUT2D eigenvalue weighted by molar-refractivity contribution is 0.0699. The van der Waals surface area contributed by atoms with E-state index < -0.39 is 11.9 Å². The highest BCUT2D eigenvalue weighted by molar-refractivity contribution is 7.15. The van der Waals surface area contributed by atoms with Crippen molar-refractivity contribution in [1.82, 2.24) is 0 Å². The standard InChI is InChI=1S/C18H14ClNO4S/c1-9-7-13(10(2)24-9)16(21)20-17-15(18(22)23)14(8-25-17)11-3-5-12(19)6-4-11/h3-8H,1-2H3,(H,20,21)(H,22,23). The second-order valence-corrected chi connectivity index (χ2v) is 6.76. The Morgan fingerprint density at radius 3 is 2.44 bits per heavy atom. The van der Waals surface area contributed by atoms with Gasteiger partial charge in [-0.25, -0.2) is 4.79 Å². The summed E-state index contributed by atoms with van der Waals surface area (Å²) in [5, 5.41) is 14.8. The van der Waals surface area contributed by atoms with E-state index >= 15 is 0 Å². The van der Waals surface area contributed by atoms with Crippen LogP contribution in [0.25, 0.3) is 11.1 Å². The first-order chi connectivity index (χ1) is 11.9. The van der Waals surface area contributed by atoms with Gasteiger partial charge in [0, 0.05) is 16.0 Å². The summed E-state index contributed by atoms with van der Waals surface area (Å²) in [5.41, 5.74) is 1.69. The first-order valence-corrected chi connectivity index (χ1v) is 8.61. The molecule has 0 saturated heterocycles. The minimum absolute atomic E-state index is 0.0542. The number of aryl methyl sites for hydroxylation is 2. The molecule has 25 heavy (non-hydrogen) atoms. The van der Waals surface area contributed by atoms with E-state index in [1.807, 2.05) is 0 Å². The Kier molecular flexibility index (Phi) is 4.65. The summed E-state index contributed by atoms with van der Waals surface area (Å²) in [4.78, 5) is 24.2. The molecule has 2 aromatic heterocycles. The molecule has 128 valence electrons. The van der Waals surface area contributed by atoms with Gasteiger partial charge in [-0.3, -0.25) is 4.79 Å². The number of anilines is 1. The average Bonchev–Trinajstić information content (AvgIpc) is 3.11. The van der Waals surface area contributed by atoms with Gasteiger partial charge in [-0.1, -0.05) is 23.7 Å². The first kappa shape index (κ1) is 17.3. The summed E-state index contributed by atoms with van der Waals surface area (Å²) in [6, 6.07) is 8.49. The molecule has 0 radical (unpaired) electrons. The molecule has 0 aliphatic rings. The van der Waals surface area contributed by atoms with Crippen molar-refractivity contribution in [2.75, 3.05) is 5.32 Å². The zero-order valence-corrected chi connectivity index (χ0v) is 15.0. The van der Waals surface area contributed by atoms with E-state index in [-0.39, 0.29) is 10.6 Å². The van der Waals surface area contributed by atoms with Crippen LogP contribution in [-0.2, 0) is 0 Å². The van der Waals surface area contributed by atoms with E-state index in [4.69, 9.17) is 16.0 Å². The molecule has 7 heteroatoms. The number of thiophene rings is 1. The minimum atomic E-state index is -1.11. The fraction of sp³-hybridized carbons (Fsp3) is 0.111. The van der Waals surface area contributed by atoms with Crippen molar-refractivity contribution in [2.45, 2.75) is 13.8 Å². The Morgan fingerprint density at radius 2 is 1.88 bits per heavy atom. The number of hydrogen-bond donors (Lipinski definition) is 2. The van der Waals surface area contributed by atoms with Crippen LogP contribution in [0.5, 0.6) is 0 Å². The molecule has 0 unspecified atom stereocenters. The molecule has 0 saturated carbocycles. The summed E-state index contributed by atoms with van der Waals surface area (Å²) in [6.07, 6.45) is 0. The number of rotatable bonds is 4. The zero-order chi connectivity index (χ0) is 18.1. The summed E-state index contributed by atoms with van der Waals surface area (Å²) >= 11 is 7.04. The highest BCUT2D eigenvalue weighted by atomic mass is 35.5. The Hall–Kier alpha value is -2.57. The zero-order valence-electron chi connectivity index (χ0n) is 13.4. The normalized spacial score (nSPS) is 10.7. The Morgan fingerprint density at radius 1 is 1.20 bits per heavy atom. The second-order valence-electron chi connectivity index (χ2n) is 5.45. The van der Waals surface area contributed by atoms with Gasteiger partial charge in [-0.05, 0) is 37.6 Å². The highest BCUT2D eigenvalue weighted by Crippen LogP contribution is 2.36. The Balaban J connectivity index is 1.97. The van der Waals surface area contributed by atoms with Crippen LogP contribution < -0.4 is 5.32 Å². The van der Waals surface area contributed by atoms with Gasteiger partial charge in [0.05, 0.1) is 5.56 Å². The fourth-order valence-corrected chi connectivity index (χ4v) is 3.61. The number of amides is 1. The van der Waals surface area contributed by atoms with Gasteiger partial charge in [0.15, 0.2) is 0 Å². The summed E-state index contributed by atoms with van der Waals surface area (Å²) in [6.45, 7) is 3.43. The summed E-state index contributed by atoms with van der Waals surface area (Å²) in [7, 11) is 0. The van der Waals surface area contributed by atoms with E-state index in [0.29, 0.717) is 33.2 Å². The molecular formula is C18H14ClNO4S. The number of aromatic carboxylic acids is 1. The maximum Gasteiger partial charge on any atom is 0.339 e. The van der Waals surface area contributed by atoms with Gasteiger partial charge in [-0.2, -0.15) is 0 Å². The first-order valence-electron chi connectivity index (χ1n) is 7.36. The van der Waals surface area contributed by atoms with Crippen LogP contribution in [0.15, 0.2) is 40.1 Å². The third-order valence-corrected chi connectivity index (χ3v) is 4.82. The van der Waals surface area contributed by atoms with Crippen molar-refractivity contribution in [3.8, 4) is 11.1 Å². The highest BCUT2D eigenvalue weighted by Gasteiger charge is 2.22. The van der Waals surface area contributed by atoms with E-state index in [9.17, 15) is 14.7 Å². The molecule has 3 aromatic rings. The number of furan rings is 1. The van der Waals surface area contributed by atoms with E-state index in [1.54, 1.807) is 49.6 Å². The van der Waals surface area contributed by atoms with Crippen LogP contribution in [0, 0.1) is 13.8 Å². The third-order valence-electron chi connectivity index (χ3n) is 3.67. The number of nitrogens with one attached hydrogen (secondary N) is 1. The molecule has 3 rings (SSSR count). The molecule has 0 spiro atoms. The van der Waals surface area contributed by atoms with Gasteiger partial charge < -0.3 is 14.8 Å². The monoisotopic (exact) mass is 375 g/mol. The van der Waals surface area contributed by atoms with Gasteiger partial charge in [-0.15, -0.1) is 11.3 Å². The average molecular weight is 376 g/mol. The lowest BCUT2D eigenvalue weighted by Gasteiger charge is -2.05. The third kappa shape index (κ3) is 3.45. The van der Waals surface area contributed by atoms with Crippen LogP contribution >= 0.6 is 22.9 Å². The number of carboxylic acid groups (broad SMARTS) is 1. The Labute approximate surface area is 152 Å². The van der Waals surface area contributed by atoms with Crippen molar-refractivity contribution in [3.63, 3.8) is 0 Å². The quantitative estimate of drug-likeness (QED) is 0.654. The molecule has 0 aliphatic heterocycles. The fourth-order valence-electron chi connectivity index (χ4n) is 2.53. The second kappa shape index (κ2) is 6.74. The van der Waals surface area contributed by atoms with Crippen molar-refractivity contribution >= 4 is 39.8 Å². The molecule has 0 bridgehead atoms. The smallest absolute Gasteiger partial charge is 0.339 e. The van der Waals surface area contributed by atoms with Gasteiger partial charge >= 0.3 is 5.97 Å². The maximum absolute atomic E-state index is 12.4. The van der Waals surface area contributed by atoms with Gasteiger partial charge in [0.2, 0.25) is 0 Å². The molecule has 1 amide bonds. The van der Waals surface area contributed by atoms with E-state index in [2.05, 4.69) is 5.32 Å². The van der Waals surface area contributed by atoms with Crippen molar-refractivity contribution < 1.29 is 19.1 Å². The van der Waals surface area contributed by atoms with Gasteiger partial charge in [0.25, 0.3) is 5.91 Å². The SMILES string of the molecule is Cc1cc(C(=O)Nc2scc(-c3ccc(Cl)cc3)c2C(=O)O)c(C)o1. The predicted octanol–water partition coefficient (Wildman–Crippen LogP) is 5.23. The number of halogens is 1. The van der Waals surface area contributed by atoms with E-state index in [0.717, 1.165) is 11.3 Å². The maximum atomic E-state index is 12.4. The Bertz CT molecular complexity index is 956. The van der Waals surface area contributed by atoms with Crippen molar-refractivity contribution in [2.24, 2.45) is 0 Å². The summed E-state index contributed by atoms with van der Waals surface area (Å²) in [5.74, 6) is -0.404. The molecule has 5 nitrogen and oxygen atoms in total. The van der Waals surface area contributed by atoms with Crippen molar-refractivity contribution in [3.05, 3.63) is 63.4 Å². The lowest BCUT2D eigenvalue weighted by atomic mass is 10.0. The molecule has 0 aliphatic carbocycles. The van der Waals surface area contributed by atoms with Crippen LogP contribution in [0.4, 0.5) is 5.00 Å². The van der Waals surface area contributed by atoms with Crippen molar-refractivity contribution in [1.29, 1.82) is 0 Å². The molecule has 1 aromatic carbocycles.